The summed E-state index contributed by atoms with van der Waals surface area (Å²) in [4.78, 5) is 19.8. The standard InChI is InChI=1S/C45H28N4OS/c1-2-11-30(12-3-1)43-46-44(31-23-21-29(22-24-31)34-14-10-15-36-35-13-4-7-18-39(35)50-42(34)36)48-45(47-43)32-25-27-33(28-26-32)49-37-16-5-8-19-40(37)51-41-20-9-6-17-38(41)49/h1-28H. The van der Waals surface area contributed by atoms with Crippen molar-refractivity contribution in [2.24, 2.45) is 0 Å². The predicted octanol–water partition coefficient (Wildman–Crippen LogP) is 12.4. The molecule has 0 aliphatic carbocycles. The molecule has 0 radical (unpaired) electrons. The Morgan fingerprint density at radius 2 is 0.922 bits per heavy atom. The number of rotatable bonds is 5. The first-order valence-electron chi connectivity index (χ1n) is 16.9. The number of para-hydroxylation sites is 4. The van der Waals surface area contributed by atoms with Crippen molar-refractivity contribution in [3.63, 3.8) is 0 Å². The molecule has 1 aliphatic heterocycles. The lowest BCUT2D eigenvalue weighted by atomic mass is 10.0. The maximum atomic E-state index is 6.33. The zero-order chi connectivity index (χ0) is 33.7. The monoisotopic (exact) mass is 672 g/mol. The lowest BCUT2D eigenvalue weighted by Gasteiger charge is -2.32. The number of aromatic nitrogens is 3. The van der Waals surface area contributed by atoms with Crippen molar-refractivity contribution >= 4 is 50.8 Å². The quantitative estimate of drug-likeness (QED) is 0.181. The fourth-order valence-corrected chi connectivity index (χ4v) is 7.92. The lowest BCUT2D eigenvalue weighted by molar-refractivity contribution is 0.670. The number of hydrogen-bond donors (Lipinski definition) is 0. The first-order valence-corrected chi connectivity index (χ1v) is 17.7. The number of benzene rings is 7. The molecule has 0 unspecified atom stereocenters. The van der Waals surface area contributed by atoms with E-state index in [2.05, 4.69) is 126 Å². The van der Waals surface area contributed by atoms with Crippen molar-refractivity contribution in [2.75, 3.05) is 4.90 Å². The molecule has 0 fully saturated rings. The number of nitrogens with zero attached hydrogens (tertiary/aromatic N) is 4. The summed E-state index contributed by atoms with van der Waals surface area (Å²) < 4.78 is 6.33. The molecule has 0 atom stereocenters. The molecule has 240 valence electrons. The molecule has 1 aliphatic rings. The number of hydrogen-bond acceptors (Lipinski definition) is 6. The van der Waals surface area contributed by atoms with Crippen LogP contribution in [0.4, 0.5) is 17.1 Å². The molecule has 0 spiro atoms. The second-order valence-corrected chi connectivity index (χ2v) is 13.5. The van der Waals surface area contributed by atoms with E-state index in [1.807, 2.05) is 60.3 Å². The van der Waals surface area contributed by atoms with Crippen LogP contribution in [0.5, 0.6) is 0 Å². The summed E-state index contributed by atoms with van der Waals surface area (Å²) in [7, 11) is 0. The Bertz CT molecular complexity index is 2680. The molecule has 7 aromatic carbocycles. The Morgan fingerprint density at radius 3 is 1.59 bits per heavy atom. The van der Waals surface area contributed by atoms with Crippen molar-refractivity contribution in [1.82, 2.24) is 15.0 Å². The van der Waals surface area contributed by atoms with E-state index >= 15 is 0 Å². The number of fused-ring (bicyclic) bond motifs is 5. The lowest BCUT2D eigenvalue weighted by Crippen LogP contribution is -2.14. The van der Waals surface area contributed by atoms with Crippen LogP contribution in [0.15, 0.2) is 184 Å². The molecule has 0 saturated carbocycles. The summed E-state index contributed by atoms with van der Waals surface area (Å²) in [6.45, 7) is 0. The van der Waals surface area contributed by atoms with E-state index in [1.165, 1.54) is 21.2 Å². The van der Waals surface area contributed by atoms with Gasteiger partial charge in [-0.3, -0.25) is 0 Å². The summed E-state index contributed by atoms with van der Waals surface area (Å²) in [6.07, 6.45) is 0. The van der Waals surface area contributed by atoms with Gasteiger partial charge in [-0.05, 0) is 60.2 Å². The van der Waals surface area contributed by atoms with E-state index in [0.717, 1.165) is 55.4 Å². The third-order valence-corrected chi connectivity index (χ3v) is 10.5. The van der Waals surface area contributed by atoms with Crippen LogP contribution < -0.4 is 4.90 Å². The average molecular weight is 673 g/mol. The molecule has 51 heavy (non-hydrogen) atoms. The Labute approximate surface area is 298 Å². The molecular weight excluding hydrogens is 645 g/mol. The van der Waals surface area contributed by atoms with Crippen LogP contribution in [0.25, 0.3) is 67.2 Å². The van der Waals surface area contributed by atoms with Gasteiger partial charge in [-0.2, -0.15) is 0 Å². The van der Waals surface area contributed by atoms with E-state index in [-0.39, 0.29) is 0 Å². The Kier molecular flexibility index (Phi) is 6.99. The average Bonchev–Trinajstić information content (AvgIpc) is 3.59. The van der Waals surface area contributed by atoms with E-state index < -0.39 is 0 Å². The summed E-state index contributed by atoms with van der Waals surface area (Å²) in [5.41, 5.74) is 10.1. The number of anilines is 3. The molecule has 10 rings (SSSR count). The summed E-state index contributed by atoms with van der Waals surface area (Å²) in [5.74, 6) is 1.87. The molecule has 0 saturated heterocycles. The summed E-state index contributed by atoms with van der Waals surface area (Å²) >= 11 is 1.81. The fourth-order valence-electron chi connectivity index (χ4n) is 6.87. The molecule has 6 heteroatoms. The van der Waals surface area contributed by atoms with Gasteiger partial charge in [0.25, 0.3) is 0 Å². The molecule has 0 amide bonds. The van der Waals surface area contributed by atoms with Gasteiger partial charge in [0.2, 0.25) is 0 Å². The molecule has 0 bridgehead atoms. The predicted molar refractivity (Wildman–Crippen MR) is 208 cm³/mol. The van der Waals surface area contributed by atoms with Crippen molar-refractivity contribution in [3.05, 3.63) is 170 Å². The van der Waals surface area contributed by atoms with E-state index in [9.17, 15) is 0 Å². The first-order chi connectivity index (χ1) is 25.3. The second-order valence-electron chi connectivity index (χ2n) is 12.4. The van der Waals surface area contributed by atoms with E-state index in [0.29, 0.717) is 17.5 Å². The van der Waals surface area contributed by atoms with Gasteiger partial charge in [-0.25, -0.2) is 15.0 Å². The van der Waals surface area contributed by atoms with Gasteiger partial charge in [0, 0.05) is 48.5 Å². The first kappa shape index (κ1) is 29.4. The van der Waals surface area contributed by atoms with Crippen LogP contribution in [0.1, 0.15) is 0 Å². The fraction of sp³-hybridized carbons (Fsp3) is 0. The maximum absolute atomic E-state index is 6.33. The van der Waals surface area contributed by atoms with Crippen LogP contribution in [0.3, 0.4) is 0 Å². The third-order valence-electron chi connectivity index (χ3n) is 9.34. The second kappa shape index (κ2) is 12.1. The van der Waals surface area contributed by atoms with Gasteiger partial charge >= 0.3 is 0 Å². The van der Waals surface area contributed by atoms with Gasteiger partial charge in [-0.15, -0.1) is 0 Å². The number of furan rings is 1. The zero-order valence-electron chi connectivity index (χ0n) is 27.3. The van der Waals surface area contributed by atoms with Gasteiger partial charge in [0.15, 0.2) is 17.5 Å². The molecule has 3 heterocycles. The SMILES string of the molecule is c1ccc(-c2nc(-c3ccc(-c4cccc5c4oc4ccccc45)cc3)nc(-c3ccc(N4c5ccccc5Sc5ccccc54)cc3)n2)cc1. The normalized spacial score (nSPS) is 12.2. The Morgan fingerprint density at radius 1 is 0.412 bits per heavy atom. The smallest absolute Gasteiger partial charge is 0.164 e. The van der Waals surface area contributed by atoms with Crippen LogP contribution in [0, 0.1) is 0 Å². The van der Waals surface area contributed by atoms with Crippen molar-refractivity contribution in [3.8, 4) is 45.3 Å². The molecule has 5 nitrogen and oxygen atoms in total. The Hall–Kier alpha value is -6.50. The highest BCUT2D eigenvalue weighted by atomic mass is 32.2. The van der Waals surface area contributed by atoms with Crippen molar-refractivity contribution < 1.29 is 4.42 Å². The van der Waals surface area contributed by atoms with Crippen LogP contribution in [-0.2, 0) is 0 Å². The highest BCUT2D eigenvalue weighted by molar-refractivity contribution is 7.99. The van der Waals surface area contributed by atoms with E-state index in [1.54, 1.807) is 0 Å². The zero-order valence-corrected chi connectivity index (χ0v) is 28.1. The summed E-state index contributed by atoms with van der Waals surface area (Å²) in [5, 5.41) is 2.23. The minimum Gasteiger partial charge on any atom is -0.455 e. The Balaban J connectivity index is 1.04. The van der Waals surface area contributed by atoms with Crippen molar-refractivity contribution in [2.45, 2.75) is 9.79 Å². The van der Waals surface area contributed by atoms with Gasteiger partial charge < -0.3 is 9.32 Å². The summed E-state index contributed by atoms with van der Waals surface area (Å²) in [6, 6.07) is 58.6. The molecular formula is C45H28N4OS. The van der Waals surface area contributed by atoms with Gasteiger partial charge in [0.1, 0.15) is 11.2 Å². The van der Waals surface area contributed by atoms with Crippen LogP contribution in [0.2, 0.25) is 0 Å². The highest BCUT2D eigenvalue weighted by Crippen LogP contribution is 2.51. The van der Waals surface area contributed by atoms with E-state index in [4.69, 9.17) is 19.4 Å². The maximum Gasteiger partial charge on any atom is 0.164 e. The van der Waals surface area contributed by atoms with Gasteiger partial charge in [-0.1, -0.05) is 127 Å². The molecule has 9 aromatic rings. The van der Waals surface area contributed by atoms with Crippen LogP contribution in [-0.4, -0.2) is 15.0 Å². The van der Waals surface area contributed by atoms with Gasteiger partial charge in [0.05, 0.1) is 11.4 Å². The molecule has 0 N–H and O–H groups in total. The third kappa shape index (κ3) is 5.16. The van der Waals surface area contributed by atoms with Crippen molar-refractivity contribution in [1.29, 1.82) is 0 Å². The largest absolute Gasteiger partial charge is 0.455 e. The highest BCUT2D eigenvalue weighted by Gasteiger charge is 2.24. The minimum absolute atomic E-state index is 0.618. The topological polar surface area (TPSA) is 55.1 Å². The van der Waals surface area contributed by atoms with Crippen LogP contribution >= 0.6 is 11.8 Å². The molecule has 2 aromatic heterocycles. The minimum atomic E-state index is 0.618.